The molecule has 1 aliphatic carbocycles. The minimum absolute atomic E-state index is 0.0872. The number of urea groups is 1. The van der Waals surface area contributed by atoms with Crippen LogP contribution in [0.25, 0.3) is 0 Å². The van der Waals surface area contributed by atoms with Gasteiger partial charge in [0.2, 0.25) is 0 Å². The number of carboxylic acids is 1. The number of carbonyl (C=O) groups is 2. The van der Waals surface area contributed by atoms with Gasteiger partial charge in [-0.05, 0) is 25.2 Å². The molecule has 1 unspecified atom stereocenters. The van der Waals surface area contributed by atoms with Crippen LogP contribution in [-0.2, 0) is 4.79 Å². The second-order valence-corrected chi connectivity index (χ2v) is 6.17. The van der Waals surface area contributed by atoms with Gasteiger partial charge in [-0.2, -0.15) is 0 Å². The van der Waals surface area contributed by atoms with E-state index in [0.717, 1.165) is 6.54 Å². The van der Waals surface area contributed by atoms with E-state index in [2.05, 4.69) is 5.32 Å². The summed E-state index contributed by atoms with van der Waals surface area (Å²) < 4.78 is 0. The number of rotatable bonds is 3. The van der Waals surface area contributed by atoms with E-state index in [4.69, 9.17) is 5.11 Å². The lowest BCUT2D eigenvalue weighted by atomic mass is 9.91. The van der Waals surface area contributed by atoms with Crippen molar-refractivity contribution in [1.29, 1.82) is 0 Å². The molecule has 5 heteroatoms. The van der Waals surface area contributed by atoms with Gasteiger partial charge in [-0.1, -0.05) is 32.1 Å². The monoisotopic (exact) mass is 282 g/mol. The number of carbonyl (C=O) groups excluding carboxylic acids is 1. The zero-order chi connectivity index (χ0) is 14.4. The molecule has 114 valence electrons. The highest BCUT2D eigenvalue weighted by Gasteiger charge is 2.30. The summed E-state index contributed by atoms with van der Waals surface area (Å²) in [6.07, 6.45) is 9.51. The zero-order valence-electron chi connectivity index (χ0n) is 12.1. The van der Waals surface area contributed by atoms with Crippen molar-refractivity contribution in [2.45, 2.75) is 51.4 Å². The third-order valence-electron chi connectivity index (χ3n) is 4.59. The number of hydrogen-bond donors (Lipinski definition) is 2. The molecule has 1 heterocycles. The number of nitrogens with one attached hydrogen (secondary N) is 1. The topological polar surface area (TPSA) is 69.6 Å². The SMILES string of the molecule is O=C(O)C1CCN(C(=O)NCC2CCCCCCC2)C1. The lowest BCUT2D eigenvalue weighted by Gasteiger charge is -2.22. The fraction of sp³-hybridized carbons (Fsp3) is 0.867. The van der Waals surface area contributed by atoms with E-state index in [1.165, 1.54) is 44.9 Å². The molecule has 1 aliphatic heterocycles. The number of carboxylic acid groups (broad SMARTS) is 1. The van der Waals surface area contributed by atoms with Crippen LogP contribution in [0.15, 0.2) is 0 Å². The quantitative estimate of drug-likeness (QED) is 0.835. The first-order valence-corrected chi connectivity index (χ1v) is 7.92. The molecule has 2 fully saturated rings. The summed E-state index contributed by atoms with van der Waals surface area (Å²) in [5.41, 5.74) is 0. The van der Waals surface area contributed by atoms with Gasteiger partial charge >= 0.3 is 12.0 Å². The van der Waals surface area contributed by atoms with Crippen molar-refractivity contribution in [2.24, 2.45) is 11.8 Å². The van der Waals surface area contributed by atoms with E-state index in [1.807, 2.05) is 0 Å². The van der Waals surface area contributed by atoms with Crippen molar-refractivity contribution in [2.75, 3.05) is 19.6 Å². The van der Waals surface area contributed by atoms with Crippen LogP contribution in [0.4, 0.5) is 4.79 Å². The average molecular weight is 282 g/mol. The van der Waals surface area contributed by atoms with Crippen LogP contribution in [0.5, 0.6) is 0 Å². The van der Waals surface area contributed by atoms with Gasteiger partial charge in [0.25, 0.3) is 0 Å². The standard InChI is InChI=1S/C15H26N2O3/c18-14(19)13-8-9-17(11-13)15(20)16-10-12-6-4-2-1-3-5-7-12/h12-13H,1-11H2,(H,16,20)(H,18,19). The molecule has 2 aliphatic rings. The Morgan fingerprint density at radius 2 is 1.70 bits per heavy atom. The van der Waals surface area contributed by atoms with E-state index in [0.29, 0.717) is 25.4 Å². The summed E-state index contributed by atoms with van der Waals surface area (Å²) in [5.74, 6) is -0.584. The van der Waals surface area contributed by atoms with Crippen LogP contribution in [-0.4, -0.2) is 41.6 Å². The smallest absolute Gasteiger partial charge is 0.317 e. The summed E-state index contributed by atoms with van der Waals surface area (Å²) in [4.78, 5) is 24.6. The van der Waals surface area contributed by atoms with Crippen LogP contribution in [0.2, 0.25) is 0 Å². The summed E-state index contributed by atoms with van der Waals surface area (Å²) in [7, 11) is 0. The Kier molecular flexibility index (Phi) is 5.68. The second kappa shape index (κ2) is 7.50. The minimum Gasteiger partial charge on any atom is -0.481 e. The van der Waals surface area contributed by atoms with Crippen molar-refractivity contribution in [3.05, 3.63) is 0 Å². The van der Waals surface area contributed by atoms with Crippen LogP contribution in [0.3, 0.4) is 0 Å². The fourth-order valence-corrected chi connectivity index (χ4v) is 3.23. The largest absolute Gasteiger partial charge is 0.481 e. The molecular weight excluding hydrogens is 256 g/mol. The van der Waals surface area contributed by atoms with Gasteiger partial charge in [0.1, 0.15) is 0 Å². The lowest BCUT2D eigenvalue weighted by Crippen LogP contribution is -2.41. The fourth-order valence-electron chi connectivity index (χ4n) is 3.23. The van der Waals surface area contributed by atoms with Gasteiger partial charge in [-0.3, -0.25) is 4.79 Å². The summed E-state index contributed by atoms with van der Waals surface area (Å²) in [5, 5.41) is 11.9. The molecule has 0 bridgehead atoms. The molecule has 20 heavy (non-hydrogen) atoms. The average Bonchev–Trinajstić information content (AvgIpc) is 2.87. The number of nitrogens with zero attached hydrogens (tertiary/aromatic N) is 1. The highest BCUT2D eigenvalue weighted by molar-refractivity contribution is 5.77. The van der Waals surface area contributed by atoms with Crippen molar-refractivity contribution < 1.29 is 14.7 Å². The molecule has 0 aromatic rings. The van der Waals surface area contributed by atoms with E-state index < -0.39 is 5.97 Å². The normalized spacial score (nSPS) is 25.0. The summed E-state index contributed by atoms with van der Waals surface area (Å²) in [6.45, 7) is 1.66. The van der Waals surface area contributed by atoms with Crippen LogP contribution >= 0.6 is 0 Å². The lowest BCUT2D eigenvalue weighted by molar-refractivity contribution is -0.141. The van der Waals surface area contributed by atoms with E-state index in [9.17, 15) is 9.59 Å². The molecule has 2 rings (SSSR count). The van der Waals surface area contributed by atoms with E-state index >= 15 is 0 Å². The first-order valence-electron chi connectivity index (χ1n) is 7.92. The molecule has 5 nitrogen and oxygen atoms in total. The Hall–Kier alpha value is -1.26. The van der Waals surface area contributed by atoms with Gasteiger partial charge in [-0.15, -0.1) is 0 Å². The van der Waals surface area contributed by atoms with Gasteiger partial charge in [-0.25, -0.2) is 4.79 Å². The van der Waals surface area contributed by atoms with E-state index in [1.54, 1.807) is 4.90 Å². The maximum atomic E-state index is 12.0. The second-order valence-electron chi connectivity index (χ2n) is 6.17. The Labute approximate surface area is 120 Å². The van der Waals surface area contributed by atoms with Gasteiger partial charge in [0.05, 0.1) is 5.92 Å². The molecule has 0 aromatic heterocycles. The first kappa shape index (κ1) is 15.1. The summed E-state index contributed by atoms with van der Waals surface area (Å²) in [6, 6.07) is -0.0872. The van der Waals surface area contributed by atoms with Crippen molar-refractivity contribution in [3.8, 4) is 0 Å². The molecular formula is C15H26N2O3. The minimum atomic E-state index is -0.791. The predicted octanol–water partition coefficient (Wildman–Crippen LogP) is 2.46. The molecule has 2 N–H and O–H groups in total. The molecule has 0 spiro atoms. The third kappa shape index (κ3) is 4.39. The van der Waals surface area contributed by atoms with E-state index in [-0.39, 0.29) is 11.9 Å². The summed E-state index contributed by atoms with van der Waals surface area (Å²) >= 11 is 0. The third-order valence-corrected chi connectivity index (χ3v) is 4.59. The molecule has 0 radical (unpaired) electrons. The molecule has 1 atom stereocenters. The number of hydrogen-bond acceptors (Lipinski definition) is 2. The Bertz CT molecular complexity index is 338. The van der Waals surface area contributed by atoms with Crippen molar-refractivity contribution in [1.82, 2.24) is 10.2 Å². The molecule has 0 aromatic carbocycles. The zero-order valence-corrected chi connectivity index (χ0v) is 12.1. The Balaban J connectivity index is 1.70. The Morgan fingerprint density at radius 3 is 2.30 bits per heavy atom. The maximum absolute atomic E-state index is 12.0. The predicted molar refractivity (Wildman–Crippen MR) is 76.5 cm³/mol. The van der Waals surface area contributed by atoms with Gasteiger partial charge in [0, 0.05) is 19.6 Å². The number of amides is 2. The van der Waals surface area contributed by atoms with Crippen LogP contribution in [0, 0.1) is 11.8 Å². The first-order chi connectivity index (χ1) is 9.66. The molecule has 1 saturated carbocycles. The van der Waals surface area contributed by atoms with Crippen LogP contribution < -0.4 is 5.32 Å². The number of likely N-dealkylation sites (tertiary alicyclic amines) is 1. The van der Waals surface area contributed by atoms with Gasteiger partial charge < -0.3 is 15.3 Å². The van der Waals surface area contributed by atoms with Crippen molar-refractivity contribution in [3.63, 3.8) is 0 Å². The Morgan fingerprint density at radius 1 is 1.05 bits per heavy atom. The maximum Gasteiger partial charge on any atom is 0.317 e. The highest BCUT2D eigenvalue weighted by atomic mass is 16.4. The highest BCUT2D eigenvalue weighted by Crippen LogP contribution is 2.22. The van der Waals surface area contributed by atoms with Crippen molar-refractivity contribution >= 4 is 12.0 Å². The number of aliphatic carboxylic acids is 1. The molecule has 2 amide bonds. The van der Waals surface area contributed by atoms with Gasteiger partial charge in [0.15, 0.2) is 0 Å². The molecule has 1 saturated heterocycles. The van der Waals surface area contributed by atoms with Crippen LogP contribution in [0.1, 0.15) is 51.4 Å².